The smallest absolute Gasteiger partial charge is 0.321 e. The first-order valence-electron chi connectivity index (χ1n) is 9.73. The van der Waals surface area contributed by atoms with Crippen molar-refractivity contribution >= 4 is 23.3 Å². The third-order valence-corrected chi connectivity index (χ3v) is 5.64. The molecule has 1 aliphatic rings. The molecule has 1 saturated heterocycles. The average molecular weight is 411 g/mol. The Kier molecular flexibility index (Phi) is 5.53. The van der Waals surface area contributed by atoms with Crippen molar-refractivity contribution in [3.8, 4) is 11.4 Å². The van der Waals surface area contributed by atoms with E-state index in [4.69, 9.17) is 16.1 Å². The topological polar surface area (TPSA) is 71.3 Å². The summed E-state index contributed by atoms with van der Waals surface area (Å²) in [5.74, 6) is 1.35. The van der Waals surface area contributed by atoms with Crippen LogP contribution in [0.25, 0.3) is 11.4 Å². The van der Waals surface area contributed by atoms with Crippen LogP contribution in [0, 0.1) is 13.8 Å². The van der Waals surface area contributed by atoms with Gasteiger partial charge >= 0.3 is 6.03 Å². The lowest BCUT2D eigenvalue weighted by atomic mass is 9.97. The molecule has 0 radical (unpaired) electrons. The van der Waals surface area contributed by atoms with Crippen LogP contribution in [0.5, 0.6) is 0 Å². The second-order valence-corrected chi connectivity index (χ2v) is 7.86. The van der Waals surface area contributed by atoms with Crippen molar-refractivity contribution in [2.24, 2.45) is 0 Å². The number of rotatable bonds is 3. The van der Waals surface area contributed by atoms with Gasteiger partial charge in [0.2, 0.25) is 11.7 Å². The minimum Gasteiger partial charge on any atom is -0.339 e. The van der Waals surface area contributed by atoms with Gasteiger partial charge in [-0.25, -0.2) is 4.79 Å². The van der Waals surface area contributed by atoms with E-state index in [1.54, 1.807) is 12.1 Å². The predicted octanol–water partition coefficient (Wildman–Crippen LogP) is 5.42. The van der Waals surface area contributed by atoms with Crippen molar-refractivity contribution in [2.75, 3.05) is 18.4 Å². The van der Waals surface area contributed by atoms with E-state index in [1.807, 2.05) is 49.1 Å². The highest BCUT2D eigenvalue weighted by Gasteiger charge is 2.28. The molecule has 0 unspecified atom stereocenters. The van der Waals surface area contributed by atoms with Crippen molar-refractivity contribution < 1.29 is 9.32 Å². The zero-order valence-corrected chi connectivity index (χ0v) is 17.2. The second-order valence-electron chi connectivity index (χ2n) is 7.42. The van der Waals surface area contributed by atoms with Gasteiger partial charge in [-0.1, -0.05) is 35.0 Å². The van der Waals surface area contributed by atoms with Gasteiger partial charge < -0.3 is 14.7 Å². The summed E-state index contributed by atoms with van der Waals surface area (Å²) in [5.41, 5.74) is 3.89. The largest absolute Gasteiger partial charge is 0.339 e. The average Bonchev–Trinajstić information content (AvgIpc) is 3.21. The molecule has 0 bridgehead atoms. The number of urea groups is 1. The summed E-state index contributed by atoms with van der Waals surface area (Å²) >= 11 is 5.93. The van der Waals surface area contributed by atoms with Gasteiger partial charge in [-0.3, -0.25) is 0 Å². The molecule has 1 aliphatic heterocycles. The fourth-order valence-corrected chi connectivity index (χ4v) is 3.77. The number of piperidine rings is 1. The predicted molar refractivity (Wildman–Crippen MR) is 113 cm³/mol. The Bertz CT molecular complexity index is 988. The molecule has 1 N–H and O–H groups in total. The summed E-state index contributed by atoms with van der Waals surface area (Å²) in [5, 5.41) is 7.83. The number of benzene rings is 2. The number of para-hydroxylation sites is 1. The SMILES string of the molecule is Cc1cccc(C)c1NC(=O)N1CCC(c2nc(-c3ccc(Cl)cc3)no2)CC1. The highest BCUT2D eigenvalue weighted by atomic mass is 35.5. The van der Waals surface area contributed by atoms with Crippen molar-refractivity contribution in [3.63, 3.8) is 0 Å². The van der Waals surface area contributed by atoms with Crippen LogP contribution in [0.4, 0.5) is 10.5 Å². The van der Waals surface area contributed by atoms with Crippen molar-refractivity contribution in [2.45, 2.75) is 32.6 Å². The number of aromatic nitrogens is 2. The number of amides is 2. The molecule has 1 aromatic heterocycles. The summed E-state index contributed by atoms with van der Waals surface area (Å²) < 4.78 is 5.50. The number of likely N-dealkylation sites (tertiary alicyclic amines) is 1. The molecule has 0 spiro atoms. The molecular weight excluding hydrogens is 388 g/mol. The van der Waals surface area contributed by atoms with Crippen molar-refractivity contribution in [1.82, 2.24) is 15.0 Å². The number of hydrogen-bond donors (Lipinski definition) is 1. The van der Waals surface area contributed by atoms with E-state index < -0.39 is 0 Å². The normalized spacial score (nSPS) is 14.8. The summed E-state index contributed by atoms with van der Waals surface area (Å²) in [6.07, 6.45) is 1.59. The Morgan fingerprint density at radius 3 is 2.41 bits per heavy atom. The second kappa shape index (κ2) is 8.25. The van der Waals surface area contributed by atoms with E-state index in [9.17, 15) is 4.79 Å². The Morgan fingerprint density at radius 1 is 1.10 bits per heavy atom. The van der Waals surface area contributed by atoms with Gasteiger partial charge in [0.15, 0.2) is 0 Å². The first kappa shape index (κ1) is 19.5. The molecule has 4 rings (SSSR count). The van der Waals surface area contributed by atoms with E-state index in [0.717, 1.165) is 35.2 Å². The first-order valence-corrected chi connectivity index (χ1v) is 10.1. The van der Waals surface area contributed by atoms with Gasteiger partial charge in [-0.05, 0) is 62.1 Å². The Hall–Kier alpha value is -2.86. The molecule has 6 nitrogen and oxygen atoms in total. The maximum Gasteiger partial charge on any atom is 0.321 e. The summed E-state index contributed by atoms with van der Waals surface area (Å²) in [6, 6.07) is 13.3. The number of carbonyl (C=O) groups excluding carboxylic acids is 1. The minimum absolute atomic E-state index is 0.0618. The summed E-state index contributed by atoms with van der Waals surface area (Å²) in [7, 11) is 0. The minimum atomic E-state index is -0.0618. The zero-order valence-electron chi connectivity index (χ0n) is 16.5. The van der Waals surface area contributed by atoms with Gasteiger partial charge in [0.05, 0.1) is 0 Å². The van der Waals surface area contributed by atoms with Crippen LogP contribution in [-0.4, -0.2) is 34.2 Å². The lowest BCUT2D eigenvalue weighted by Gasteiger charge is -2.30. The number of aryl methyl sites for hydroxylation is 2. The van der Waals surface area contributed by atoms with Crippen LogP contribution >= 0.6 is 11.6 Å². The van der Waals surface area contributed by atoms with Gasteiger partial charge in [0, 0.05) is 35.3 Å². The molecule has 0 aliphatic carbocycles. The fourth-order valence-electron chi connectivity index (χ4n) is 3.64. The molecule has 3 aromatic rings. The van der Waals surface area contributed by atoms with Gasteiger partial charge in [-0.2, -0.15) is 4.98 Å². The van der Waals surface area contributed by atoms with Crippen LogP contribution in [-0.2, 0) is 0 Å². The number of nitrogens with one attached hydrogen (secondary N) is 1. The van der Waals surface area contributed by atoms with E-state index in [-0.39, 0.29) is 11.9 Å². The van der Waals surface area contributed by atoms with Crippen LogP contribution in [0.1, 0.15) is 35.8 Å². The molecule has 2 amide bonds. The van der Waals surface area contributed by atoms with E-state index in [2.05, 4.69) is 15.5 Å². The highest BCUT2D eigenvalue weighted by molar-refractivity contribution is 6.30. The van der Waals surface area contributed by atoms with E-state index in [0.29, 0.717) is 29.8 Å². The van der Waals surface area contributed by atoms with Crippen LogP contribution in [0.2, 0.25) is 5.02 Å². The summed E-state index contributed by atoms with van der Waals surface area (Å²) in [6.45, 7) is 5.31. The molecule has 7 heteroatoms. The quantitative estimate of drug-likeness (QED) is 0.625. The van der Waals surface area contributed by atoms with Gasteiger partial charge in [0.1, 0.15) is 0 Å². The maximum atomic E-state index is 12.7. The molecule has 1 fully saturated rings. The molecule has 2 aromatic carbocycles. The number of halogens is 1. The maximum absolute atomic E-state index is 12.7. The Labute approximate surface area is 174 Å². The van der Waals surface area contributed by atoms with Crippen LogP contribution in [0.15, 0.2) is 47.0 Å². The first-order chi connectivity index (χ1) is 14.0. The number of anilines is 1. The standard InChI is InChI=1S/C22H23ClN4O2/c1-14-4-3-5-15(2)19(14)24-22(28)27-12-10-17(11-13-27)21-25-20(26-29-21)16-6-8-18(23)9-7-16/h3-9,17H,10-13H2,1-2H3,(H,24,28). The molecule has 150 valence electrons. The van der Waals surface area contributed by atoms with Gasteiger partial charge in [-0.15, -0.1) is 0 Å². The van der Waals surface area contributed by atoms with E-state index in [1.165, 1.54) is 0 Å². The van der Waals surface area contributed by atoms with Crippen molar-refractivity contribution in [1.29, 1.82) is 0 Å². The molecule has 0 atom stereocenters. The number of hydrogen-bond acceptors (Lipinski definition) is 4. The third kappa shape index (κ3) is 4.27. The van der Waals surface area contributed by atoms with Gasteiger partial charge in [0.25, 0.3) is 0 Å². The fraction of sp³-hybridized carbons (Fsp3) is 0.318. The molecule has 2 heterocycles. The zero-order chi connectivity index (χ0) is 20.4. The van der Waals surface area contributed by atoms with Crippen LogP contribution < -0.4 is 5.32 Å². The lowest BCUT2D eigenvalue weighted by Crippen LogP contribution is -2.40. The monoisotopic (exact) mass is 410 g/mol. The van der Waals surface area contributed by atoms with Crippen LogP contribution in [0.3, 0.4) is 0 Å². The summed E-state index contributed by atoms with van der Waals surface area (Å²) in [4.78, 5) is 19.1. The molecular formula is C22H23ClN4O2. The number of nitrogens with zero attached hydrogens (tertiary/aromatic N) is 3. The lowest BCUT2D eigenvalue weighted by molar-refractivity contribution is 0.187. The third-order valence-electron chi connectivity index (χ3n) is 5.39. The highest BCUT2D eigenvalue weighted by Crippen LogP contribution is 2.29. The Balaban J connectivity index is 1.37. The van der Waals surface area contributed by atoms with Crippen molar-refractivity contribution in [3.05, 3.63) is 64.5 Å². The molecule has 29 heavy (non-hydrogen) atoms. The molecule has 0 saturated carbocycles. The Morgan fingerprint density at radius 2 is 1.76 bits per heavy atom. The van der Waals surface area contributed by atoms with E-state index >= 15 is 0 Å². The number of carbonyl (C=O) groups is 1.